The van der Waals surface area contributed by atoms with Crippen molar-refractivity contribution in [3.8, 4) is 0 Å². The van der Waals surface area contributed by atoms with E-state index in [4.69, 9.17) is 4.84 Å². The molecular formula is C11H14N2O2. The van der Waals surface area contributed by atoms with Gasteiger partial charge < -0.3 is 5.32 Å². The van der Waals surface area contributed by atoms with E-state index < -0.39 is 0 Å². The van der Waals surface area contributed by atoms with E-state index in [0.29, 0.717) is 5.56 Å². The van der Waals surface area contributed by atoms with E-state index in [1.165, 1.54) is 17.7 Å². The molecule has 0 bridgehead atoms. The molecule has 0 aromatic heterocycles. The number of benzene rings is 1. The third-order valence-electron chi connectivity index (χ3n) is 2.63. The summed E-state index contributed by atoms with van der Waals surface area (Å²) >= 11 is 0. The van der Waals surface area contributed by atoms with Crippen molar-refractivity contribution in [1.82, 2.24) is 5.06 Å². The zero-order chi connectivity index (χ0) is 10.8. The number of anilines is 1. The molecule has 1 heterocycles. The Hall–Kier alpha value is -1.55. The van der Waals surface area contributed by atoms with Gasteiger partial charge in [-0.3, -0.25) is 9.63 Å². The molecule has 0 aliphatic carbocycles. The number of carbonyl (C=O) groups excluding carboxylic acids is 1. The van der Waals surface area contributed by atoms with Gasteiger partial charge in [0.1, 0.15) is 0 Å². The van der Waals surface area contributed by atoms with Gasteiger partial charge in [-0.05, 0) is 24.1 Å². The topological polar surface area (TPSA) is 41.6 Å². The van der Waals surface area contributed by atoms with Crippen LogP contribution in [0.3, 0.4) is 0 Å². The zero-order valence-corrected chi connectivity index (χ0v) is 8.91. The lowest BCUT2D eigenvalue weighted by Crippen LogP contribution is -2.25. The fourth-order valence-electron chi connectivity index (χ4n) is 1.69. The average molecular weight is 206 g/mol. The van der Waals surface area contributed by atoms with E-state index in [2.05, 4.69) is 5.32 Å². The van der Waals surface area contributed by atoms with Gasteiger partial charge in [-0.25, -0.2) is 5.06 Å². The van der Waals surface area contributed by atoms with Crippen LogP contribution in [-0.2, 0) is 11.3 Å². The molecule has 1 aromatic carbocycles. The Morgan fingerprint density at radius 2 is 2.33 bits per heavy atom. The summed E-state index contributed by atoms with van der Waals surface area (Å²) in [6.07, 6.45) is 1.03. The Labute approximate surface area is 88.8 Å². The van der Waals surface area contributed by atoms with Gasteiger partial charge in [0.05, 0.1) is 7.11 Å². The van der Waals surface area contributed by atoms with Crippen LogP contribution < -0.4 is 5.32 Å². The number of rotatable bonds is 2. The SMILES string of the molecule is CON(C)C(=O)c1ccc2c(c1)NCC2. The van der Waals surface area contributed by atoms with Crippen LogP contribution in [0.1, 0.15) is 15.9 Å². The molecule has 15 heavy (non-hydrogen) atoms. The van der Waals surface area contributed by atoms with E-state index in [9.17, 15) is 4.79 Å². The van der Waals surface area contributed by atoms with Gasteiger partial charge in [-0.1, -0.05) is 6.07 Å². The Kier molecular flexibility index (Phi) is 2.60. The Balaban J connectivity index is 2.26. The van der Waals surface area contributed by atoms with E-state index in [0.717, 1.165) is 18.7 Å². The van der Waals surface area contributed by atoms with Crippen molar-refractivity contribution in [2.45, 2.75) is 6.42 Å². The highest BCUT2D eigenvalue weighted by Gasteiger charge is 2.15. The number of nitrogens with zero attached hydrogens (tertiary/aromatic N) is 1. The average Bonchev–Trinajstić information content (AvgIpc) is 2.73. The molecular weight excluding hydrogens is 192 g/mol. The normalized spacial score (nSPS) is 13.2. The number of carbonyl (C=O) groups is 1. The van der Waals surface area contributed by atoms with Crippen molar-refractivity contribution >= 4 is 11.6 Å². The van der Waals surface area contributed by atoms with Crippen LogP contribution in [0.25, 0.3) is 0 Å². The molecule has 4 nitrogen and oxygen atoms in total. The maximum atomic E-state index is 11.7. The first-order valence-electron chi connectivity index (χ1n) is 4.91. The van der Waals surface area contributed by atoms with Crippen molar-refractivity contribution in [1.29, 1.82) is 0 Å². The van der Waals surface area contributed by atoms with Gasteiger partial charge in [0.2, 0.25) is 0 Å². The van der Waals surface area contributed by atoms with Gasteiger partial charge in [0.25, 0.3) is 5.91 Å². The monoisotopic (exact) mass is 206 g/mol. The van der Waals surface area contributed by atoms with Crippen molar-refractivity contribution < 1.29 is 9.63 Å². The highest BCUT2D eigenvalue weighted by molar-refractivity contribution is 5.94. The molecule has 2 rings (SSSR count). The van der Waals surface area contributed by atoms with E-state index in [-0.39, 0.29) is 5.91 Å². The molecule has 1 N–H and O–H groups in total. The smallest absolute Gasteiger partial charge is 0.277 e. The number of hydrogen-bond donors (Lipinski definition) is 1. The summed E-state index contributed by atoms with van der Waals surface area (Å²) in [6.45, 7) is 0.951. The second-order valence-corrected chi connectivity index (χ2v) is 3.53. The lowest BCUT2D eigenvalue weighted by molar-refractivity contribution is -0.0756. The van der Waals surface area contributed by atoms with Crippen LogP contribution in [-0.4, -0.2) is 31.7 Å². The standard InChI is InChI=1S/C11H14N2O2/c1-13(15-2)11(14)9-4-3-8-5-6-12-10(8)7-9/h3-4,7,12H,5-6H2,1-2H3. The third-order valence-corrected chi connectivity index (χ3v) is 2.63. The molecule has 0 unspecified atom stereocenters. The van der Waals surface area contributed by atoms with E-state index in [1.54, 1.807) is 7.05 Å². The Morgan fingerprint density at radius 3 is 3.07 bits per heavy atom. The summed E-state index contributed by atoms with van der Waals surface area (Å²) in [4.78, 5) is 16.6. The highest BCUT2D eigenvalue weighted by atomic mass is 16.7. The number of hydrogen-bond acceptors (Lipinski definition) is 3. The number of nitrogens with one attached hydrogen (secondary N) is 1. The van der Waals surface area contributed by atoms with Crippen LogP contribution in [0.4, 0.5) is 5.69 Å². The molecule has 4 heteroatoms. The molecule has 1 aliphatic rings. The third kappa shape index (κ3) is 1.80. The first-order chi connectivity index (χ1) is 7.22. The minimum atomic E-state index is -0.131. The molecule has 0 spiro atoms. The molecule has 80 valence electrons. The summed E-state index contributed by atoms with van der Waals surface area (Å²) in [5, 5.41) is 4.46. The molecule has 0 saturated heterocycles. The molecule has 1 aliphatic heterocycles. The minimum absolute atomic E-state index is 0.131. The summed E-state index contributed by atoms with van der Waals surface area (Å²) < 4.78 is 0. The molecule has 0 atom stereocenters. The maximum Gasteiger partial charge on any atom is 0.277 e. The summed E-state index contributed by atoms with van der Waals surface area (Å²) in [7, 11) is 3.08. The molecule has 1 amide bonds. The molecule has 1 aromatic rings. The van der Waals surface area contributed by atoms with Gasteiger partial charge in [0, 0.05) is 24.8 Å². The van der Waals surface area contributed by atoms with Gasteiger partial charge in [0.15, 0.2) is 0 Å². The maximum absolute atomic E-state index is 11.7. The van der Waals surface area contributed by atoms with Crippen molar-refractivity contribution in [3.05, 3.63) is 29.3 Å². The van der Waals surface area contributed by atoms with Crippen LogP contribution in [0.15, 0.2) is 18.2 Å². The Bertz CT molecular complexity index is 390. The minimum Gasteiger partial charge on any atom is -0.384 e. The van der Waals surface area contributed by atoms with Gasteiger partial charge >= 0.3 is 0 Å². The number of amides is 1. The lowest BCUT2D eigenvalue weighted by atomic mass is 10.1. The van der Waals surface area contributed by atoms with Crippen LogP contribution in [0.5, 0.6) is 0 Å². The predicted molar refractivity (Wildman–Crippen MR) is 57.7 cm³/mol. The highest BCUT2D eigenvalue weighted by Crippen LogP contribution is 2.23. The van der Waals surface area contributed by atoms with Gasteiger partial charge in [-0.15, -0.1) is 0 Å². The number of fused-ring (bicyclic) bond motifs is 1. The van der Waals surface area contributed by atoms with Crippen LogP contribution in [0, 0.1) is 0 Å². The zero-order valence-electron chi connectivity index (χ0n) is 8.91. The van der Waals surface area contributed by atoms with Crippen molar-refractivity contribution in [2.24, 2.45) is 0 Å². The second kappa shape index (κ2) is 3.90. The van der Waals surface area contributed by atoms with E-state index in [1.807, 2.05) is 18.2 Å². The van der Waals surface area contributed by atoms with Crippen molar-refractivity contribution in [3.63, 3.8) is 0 Å². The Morgan fingerprint density at radius 1 is 1.53 bits per heavy atom. The van der Waals surface area contributed by atoms with Crippen LogP contribution >= 0.6 is 0 Å². The summed E-state index contributed by atoms with van der Waals surface area (Å²) in [6, 6.07) is 5.70. The predicted octanol–water partition coefficient (Wildman–Crippen LogP) is 1.29. The van der Waals surface area contributed by atoms with Crippen LogP contribution in [0.2, 0.25) is 0 Å². The summed E-state index contributed by atoms with van der Waals surface area (Å²) in [5.74, 6) is -0.131. The second-order valence-electron chi connectivity index (χ2n) is 3.53. The lowest BCUT2D eigenvalue weighted by Gasteiger charge is -2.14. The quantitative estimate of drug-likeness (QED) is 0.741. The largest absolute Gasteiger partial charge is 0.384 e. The first-order valence-corrected chi connectivity index (χ1v) is 4.91. The summed E-state index contributed by atoms with van der Waals surface area (Å²) in [5.41, 5.74) is 2.98. The molecule has 0 radical (unpaired) electrons. The molecule has 0 saturated carbocycles. The fraction of sp³-hybridized carbons (Fsp3) is 0.364. The van der Waals surface area contributed by atoms with Crippen molar-refractivity contribution in [2.75, 3.05) is 26.0 Å². The fourth-order valence-corrected chi connectivity index (χ4v) is 1.69. The van der Waals surface area contributed by atoms with E-state index >= 15 is 0 Å². The van der Waals surface area contributed by atoms with Gasteiger partial charge in [-0.2, -0.15) is 0 Å². The number of hydroxylamine groups is 2. The first kappa shape index (κ1) is 9.98. The molecule has 0 fully saturated rings.